The number of amides is 1. The Labute approximate surface area is 143 Å². The number of hydrogen-bond donors (Lipinski definition) is 1. The van der Waals surface area contributed by atoms with Crippen LogP contribution in [0.2, 0.25) is 0 Å². The van der Waals surface area contributed by atoms with E-state index in [0.29, 0.717) is 24.2 Å². The molecule has 3 aliphatic heterocycles. The number of fused-ring (bicyclic) bond motifs is 3. The molecule has 1 amide bonds. The van der Waals surface area contributed by atoms with Gasteiger partial charge in [0.2, 0.25) is 5.91 Å². The van der Waals surface area contributed by atoms with Gasteiger partial charge in [-0.3, -0.25) is 9.59 Å². The minimum atomic E-state index is -0.595. The highest BCUT2D eigenvalue weighted by molar-refractivity contribution is 6.14. The summed E-state index contributed by atoms with van der Waals surface area (Å²) in [5.41, 5.74) is 1.58. The summed E-state index contributed by atoms with van der Waals surface area (Å²) in [6.45, 7) is 0.459. The first-order valence-corrected chi connectivity index (χ1v) is 8.91. The van der Waals surface area contributed by atoms with Crippen molar-refractivity contribution in [1.82, 2.24) is 10.2 Å². The van der Waals surface area contributed by atoms with Crippen LogP contribution in [0.4, 0.5) is 5.69 Å². The Kier molecular flexibility index (Phi) is 3.83. The summed E-state index contributed by atoms with van der Waals surface area (Å²) in [7, 11) is 4.14. The molecule has 1 N–H and O–H groups in total. The van der Waals surface area contributed by atoms with Crippen molar-refractivity contribution >= 4 is 17.4 Å². The minimum Gasteiger partial charge on any atom is -0.373 e. The molecular weight excluding hydrogens is 302 g/mol. The Hall–Kier alpha value is -1.88. The fourth-order valence-corrected chi connectivity index (χ4v) is 4.69. The van der Waals surface area contributed by atoms with Crippen molar-refractivity contribution in [3.05, 3.63) is 29.8 Å². The van der Waals surface area contributed by atoms with Gasteiger partial charge >= 0.3 is 0 Å². The first-order valence-electron chi connectivity index (χ1n) is 8.91. The molecule has 0 aliphatic carbocycles. The molecule has 0 aromatic heterocycles. The number of nitrogens with one attached hydrogen (secondary N) is 1. The maximum atomic E-state index is 12.8. The highest BCUT2D eigenvalue weighted by Gasteiger charge is 2.41. The summed E-state index contributed by atoms with van der Waals surface area (Å²) in [5, 5.41) is 3.18. The molecule has 128 valence electrons. The average molecular weight is 327 g/mol. The number of benzene rings is 1. The van der Waals surface area contributed by atoms with Gasteiger partial charge in [-0.05, 0) is 44.9 Å². The van der Waals surface area contributed by atoms with Gasteiger partial charge in [-0.1, -0.05) is 12.1 Å². The molecule has 0 spiro atoms. The smallest absolute Gasteiger partial charge is 0.233 e. The SMILES string of the molecule is CN1CC(C(=O)NC2CC3CCC(C2)N3C)C(=O)c2ccccc21. The molecule has 5 heteroatoms. The lowest BCUT2D eigenvalue weighted by Gasteiger charge is -2.38. The van der Waals surface area contributed by atoms with E-state index in [9.17, 15) is 9.59 Å². The molecular formula is C19H25N3O2. The van der Waals surface area contributed by atoms with E-state index in [1.54, 1.807) is 0 Å². The van der Waals surface area contributed by atoms with Crippen LogP contribution in [0.5, 0.6) is 0 Å². The van der Waals surface area contributed by atoms with Crippen LogP contribution in [0.15, 0.2) is 24.3 Å². The van der Waals surface area contributed by atoms with Crippen LogP contribution in [0, 0.1) is 5.92 Å². The number of Topliss-reactive ketones (excluding diaryl/α,β-unsaturated/α-hetero) is 1. The van der Waals surface area contributed by atoms with E-state index in [1.807, 2.05) is 36.2 Å². The van der Waals surface area contributed by atoms with Crippen LogP contribution in [-0.4, -0.2) is 55.4 Å². The molecule has 0 radical (unpaired) electrons. The van der Waals surface area contributed by atoms with Gasteiger partial charge in [0.1, 0.15) is 5.92 Å². The minimum absolute atomic E-state index is 0.0444. The zero-order valence-electron chi connectivity index (χ0n) is 14.4. The van der Waals surface area contributed by atoms with Gasteiger partial charge < -0.3 is 15.1 Å². The first-order chi connectivity index (χ1) is 11.5. The number of carbonyl (C=O) groups is 2. The Bertz CT molecular complexity index is 660. The molecule has 1 aromatic rings. The number of piperidine rings is 1. The second kappa shape index (κ2) is 5.88. The molecule has 1 aromatic carbocycles. The molecule has 3 unspecified atom stereocenters. The number of carbonyl (C=O) groups excluding carboxylic acids is 2. The van der Waals surface area contributed by atoms with E-state index < -0.39 is 5.92 Å². The second-order valence-electron chi connectivity index (χ2n) is 7.54. The van der Waals surface area contributed by atoms with E-state index >= 15 is 0 Å². The van der Waals surface area contributed by atoms with Gasteiger partial charge in [0.25, 0.3) is 0 Å². The fraction of sp³-hybridized carbons (Fsp3) is 0.579. The predicted molar refractivity (Wildman–Crippen MR) is 93.3 cm³/mol. The quantitative estimate of drug-likeness (QED) is 0.840. The molecule has 5 nitrogen and oxygen atoms in total. The lowest BCUT2D eigenvalue weighted by Crippen LogP contribution is -2.52. The van der Waals surface area contributed by atoms with Crippen LogP contribution in [0.1, 0.15) is 36.0 Å². The van der Waals surface area contributed by atoms with Gasteiger partial charge in [-0.15, -0.1) is 0 Å². The van der Waals surface area contributed by atoms with E-state index in [1.165, 1.54) is 12.8 Å². The Balaban J connectivity index is 1.47. The molecule has 4 rings (SSSR count). The molecule has 3 atom stereocenters. The van der Waals surface area contributed by atoms with Crippen molar-refractivity contribution in [3.8, 4) is 0 Å². The number of hydrogen-bond acceptors (Lipinski definition) is 4. The number of para-hydroxylation sites is 1. The van der Waals surface area contributed by atoms with Crippen LogP contribution in [0.3, 0.4) is 0 Å². The lowest BCUT2D eigenvalue weighted by atomic mass is 9.89. The molecule has 2 fully saturated rings. The van der Waals surface area contributed by atoms with E-state index in [-0.39, 0.29) is 17.7 Å². The Morgan fingerprint density at radius 2 is 1.79 bits per heavy atom. The van der Waals surface area contributed by atoms with E-state index in [0.717, 1.165) is 18.5 Å². The van der Waals surface area contributed by atoms with Crippen molar-refractivity contribution in [2.24, 2.45) is 5.92 Å². The van der Waals surface area contributed by atoms with Gasteiger partial charge in [0.05, 0.1) is 0 Å². The van der Waals surface area contributed by atoms with Crippen LogP contribution < -0.4 is 10.2 Å². The fourth-order valence-electron chi connectivity index (χ4n) is 4.69. The number of nitrogens with zero attached hydrogens (tertiary/aromatic N) is 2. The third-order valence-electron chi connectivity index (χ3n) is 6.11. The second-order valence-corrected chi connectivity index (χ2v) is 7.54. The van der Waals surface area contributed by atoms with Crippen LogP contribution >= 0.6 is 0 Å². The van der Waals surface area contributed by atoms with Crippen molar-refractivity contribution < 1.29 is 9.59 Å². The zero-order valence-corrected chi connectivity index (χ0v) is 14.4. The maximum absolute atomic E-state index is 12.8. The molecule has 2 bridgehead atoms. The van der Waals surface area contributed by atoms with Crippen LogP contribution in [0.25, 0.3) is 0 Å². The van der Waals surface area contributed by atoms with Gasteiger partial charge in [-0.2, -0.15) is 0 Å². The van der Waals surface area contributed by atoms with E-state index in [2.05, 4.69) is 17.3 Å². The van der Waals surface area contributed by atoms with Crippen molar-refractivity contribution in [2.45, 2.75) is 43.8 Å². The molecule has 3 aliphatic rings. The molecule has 24 heavy (non-hydrogen) atoms. The zero-order chi connectivity index (χ0) is 16.8. The standard InChI is InChI=1S/C19H25N3O2/c1-21-11-16(18(23)15-5-3-4-6-17(15)21)19(24)20-12-9-13-7-8-14(10-12)22(13)2/h3-6,12-14,16H,7-11H2,1-2H3,(H,20,24). The molecule has 3 heterocycles. The summed E-state index contributed by atoms with van der Waals surface area (Å²) in [4.78, 5) is 30.0. The monoisotopic (exact) mass is 327 g/mol. The third kappa shape index (κ3) is 2.51. The summed E-state index contributed by atoms with van der Waals surface area (Å²) >= 11 is 0. The normalized spacial score (nSPS) is 32.6. The number of rotatable bonds is 2. The highest BCUT2D eigenvalue weighted by atomic mass is 16.2. The molecule has 2 saturated heterocycles. The van der Waals surface area contributed by atoms with Crippen molar-refractivity contribution in [2.75, 3.05) is 25.5 Å². The average Bonchev–Trinajstić information content (AvgIpc) is 2.80. The maximum Gasteiger partial charge on any atom is 0.233 e. The largest absolute Gasteiger partial charge is 0.373 e. The Morgan fingerprint density at radius 1 is 1.12 bits per heavy atom. The lowest BCUT2D eigenvalue weighted by molar-refractivity contribution is -0.124. The third-order valence-corrected chi connectivity index (χ3v) is 6.11. The van der Waals surface area contributed by atoms with Crippen LogP contribution in [-0.2, 0) is 4.79 Å². The summed E-state index contributed by atoms with van der Waals surface area (Å²) in [6, 6.07) is 8.93. The van der Waals surface area contributed by atoms with Crippen molar-refractivity contribution in [1.29, 1.82) is 0 Å². The van der Waals surface area contributed by atoms with Gasteiger partial charge in [0.15, 0.2) is 5.78 Å². The van der Waals surface area contributed by atoms with Gasteiger partial charge in [-0.25, -0.2) is 0 Å². The summed E-state index contributed by atoms with van der Waals surface area (Å²) < 4.78 is 0. The van der Waals surface area contributed by atoms with Gasteiger partial charge in [0, 0.05) is 43.0 Å². The number of anilines is 1. The summed E-state index contributed by atoms with van der Waals surface area (Å²) in [6.07, 6.45) is 4.47. The Morgan fingerprint density at radius 3 is 2.50 bits per heavy atom. The van der Waals surface area contributed by atoms with E-state index in [4.69, 9.17) is 0 Å². The highest BCUT2D eigenvalue weighted by Crippen LogP contribution is 2.34. The predicted octanol–water partition coefficient (Wildman–Crippen LogP) is 1.68. The molecule has 0 saturated carbocycles. The first kappa shape index (κ1) is 15.6. The topological polar surface area (TPSA) is 52.7 Å². The number of ketones is 1. The van der Waals surface area contributed by atoms with Crippen molar-refractivity contribution in [3.63, 3.8) is 0 Å². The summed E-state index contributed by atoms with van der Waals surface area (Å²) in [5.74, 6) is -0.741.